The van der Waals surface area contributed by atoms with Gasteiger partial charge >= 0.3 is 0 Å². The number of amides is 1. The van der Waals surface area contributed by atoms with Crippen molar-refractivity contribution < 1.29 is 29.0 Å². The van der Waals surface area contributed by atoms with Gasteiger partial charge in [-0.2, -0.15) is 0 Å². The van der Waals surface area contributed by atoms with Crippen LogP contribution in [0, 0.1) is 10.1 Å². The molecule has 1 amide bonds. The third-order valence-electron chi connectivity index (χ3n) is 5.81. The Hall–Kier alpha value is -4.11. The number of rotatable bonds is 7. The van der Waals surface area contributed by atoms with Crippen LogP contribution in [0.5, 0.6) is 17.2 Å². The van der Waals surface area contributed by atoms with E-state index in [0.29, 0.717) is 17.1 Å². The number of nitro groups is 1. The lowest BCUT2D eigenvalue weighted by molar-refractivity contribution is -0.384. The van der Waals surface area contributed by atoms with Crippen LogP contribution in [0.4, 0.5) is 11.4 Å². The van der Waals surface area contributed by atoms with Gasteiger partial charge in [-0.05, 0) is 49.7 Å². The van der Waals surface area contributed by atoms with Gasteiger partial charge in [0.25, 0.3) is 5.69 Å². The summed E-state index contributed by atoms with van der Waals surface area (Å²) in [4.78, 5) is 24.0. The number of hydrogen-bond donors (Lipinski definition) is 2. The number of para-hydroxylation sites is 1. The molecule has 35 heavy (non-hydrogen) atoms. The minimum absolute atomic E-state index is 0.00827. The van der Waals surface area contributed by atoms with Crippen LogP contribution in [-0.2, 0) is 11.2 Å². The molecule has 0 radical (unpaired) electrons. The van der Waals surface area contributed by atoms with E-state index in [1.807, 2.05) is 6.07 Å². The van der Waals surface area contributed by atoms with E-state index in [0.717, 1.165) is 5.56 Å². The number of aliphatic hydroxyl groups excluding tert-OH is 1. The van der Waals surface area contributed by atoms with Crippen molar-refractivity contribution in [2.24, 2.45) is 0 Å². The van der Waals surface area contributed by atoms with Crippen molar-refractivity contribution in [2.75, 3.05) is 12.4 Å². The van der Waals surface area contributed by atoms with Crippen molar-refractivity contribution in [2.45, 2.75) is 38.1 Å². The molecule has 182 valence electrons. The highest BCUT2D eigenvalue weighted by Gasteiger charge is 2.45. The quantitative estimate of drug-likeness (QED) is 0.381. The second-order valence-electron chi connectivity index (χ2n) is 8.74. The fraction of sp³-hybridized carbons (Fsp3) is 0.269. The number of nitrogens with one attached hydrogen (secondary N) is 1. The molecule has 9 nitrogen and oxygen atoms in total. The standard InChI is InChI=1S/C26H26N2O7/c1-26(2)25(30)24(34-18-7-5-4-6-8-18)19-14-20(21(28(31)32)15-22(19)35-26)27-23(29)13-16-9-11-17(33-3)12-10-16/h4-12,14-15,24-25,30H,13H2,1-3H3,(H,27,29)/t24-,25+/m1/s1. The molecule has 0 aliphatic carbocycles. The Bertz CT molecular complexity index is 1230. The lowest BCUT2D eigenvalue weighted by Gasteiger charge is -2.41. The van der Waals surface area contributed by atoms with Gasteiger partial charge < -0.3 is 24.6 Å². The van der Waals surface area contributed by atoms with Crippen molar-refractivity contribution >= 4 is 17.3 Å². The summed E-state index contributed by atoms with van der Waals surface area (Å²) in [6.07, 6.45) is -1.96. The Labute approximate surface area is 202 Å². The van der Waals surface area contributed by atoms with E-state index in [-0.39, 0.29) is 23.5 Å². The zero-order chi connectivity index (χ0) is 25.2. The molecule has 0 unspecified atom stereocenters. The molecule has 2 N–H and O–H groups in total. The smallest absolute Gasteiger partial charge is 0.296 e. The number of nitrogens with zero attached hydrogens (tertiary/aromatic N) is 1. The van der Waals surface area contributed by atoms with Crippen molar-refractivity contribution in [1.82, 2.24) is 0 Å². The van der Waals surface area contributed by atoms with Gasteiger partial charge in [-0.25, -0.2) is 0 Å². The Morgan fingerprint density at radius 3 is 2.43 bits per heavy atom. The van der Waals surface area contributed by atoms with Crippen LogP contribution in [0.15, 0.2) is 66.7 Å². The van der Waals surface area contributed by atoms with Gasteiger partial charge in [0.15, 0.2) is 6.10 Å². The SMILES string of the molecule is COc1ccc(CC(=O)Nc2cc3c(cc2[N+](=O)[O-])OC(C)(C)[C@@H](O)[C@@H]3Oc2ccccc2)cc1. The summed E-state index contributed by atoms with van der Waals surface area (Å²) in [7, 11) is 1.55. The first kappa shape index (κ1) is 24.0. The van der Waals surface area contributed by atoms with E-state index in [1.54, 1.807) is 69.5 Å². The number of anilines is 1. The number of nitro benzene ring substituents is 1. The van der Waals surface area contributed by atoms with E-state index in [2.05, 4.69) is 5.32 Å². The van der Waals surface area contributed by atoms with Crippen LogP contribution in [0.2, 0.25) is 0 Å². The maximum absolute atomic E-state index is 12.7. The molecule has 0 spiro atoms. The number of methoxy groups -OCH3 is 1. The molecule has 0 saturated heterocycles. The lowest BCUT2D eigenvalue weighted by Crippen LogP contribution is -2.50. The molecule has 0 aromatic heterocycles. The molecule has 1 aliphatic rings. The molecule has 2 atom stereocenters. The zero-order valence-corrected chi connectivity index (χ0v) is 19.6. The highest BCUT2D eigenvalue weighted by atomic mass is 16.6. The van der Waals surface area contributed by atoms with Crippen molar-refractivity contribution in [1.29, 1.82) is 0 Å². The van der Waals surface area contributed by atoms with Crippen LogP contribution in [0.1, 0.15) is 31.1 Å². The first-order valence-electron chi connectivity index (χ1n) is 11.0. The Kier molecular flexibility index (Phi) is 6.61. The van der Waals surface area contributed by atoms with E-state index in [1.165, 1.54) is 12.1 Å². The van der Waals surface area contributed by atoms with E-state index < -0.39 is 28.6 Å². The van der Waals surface area contributed by atoms with Gasteiger partial charge in [0.2, 0.25) is 5.91 Å². The summed E-state index contributed by atoms with van der Waals surface area (Å²) >= 11 is 0. The summed E-state index contributed by atoms with van der Waals surface area (Å²) in [6.45, 7) is 3.36. The van der Waals surface area contributed by atoms with Crippen LogP contribution >= 0.6 is 0 Å². The Morgan fingerprint density at radius 2 is 1.80 bits per heavy atom. The van der Waals surface area contributed by atoms with Crippen LogP contribution < -0.4 is 19.5 Å². The third-order valence-corrected chi connectivity index (χ3v) is 5.81. The largest absolute Gasteiger partial charge is 0.497 e. The summed E-state index contributed by atoms with van der Waals surface area (Å²) in [6, 6.07) is 18.6. The maximum atomic E-state index is 12.7. The zero-order valence-electron chi connectivity index (χ0n) is 19.6. The normalized spacial score (nSPS) is 18.1. The maximum Gasteiger partial charge on any atom is 0.296 e. The number of carbonyl (C=O) groups excluding carboxylic acids is 1. The second-order valence-corrected chi connectivity index (χ2v) is 8.74. The van der Waals surface area contributed by atoms with Gasteiger partial charge in [0.05, 0.1) is 24.5 Å². The predicted octanol–water partition coefficient (Wildman–Crippen LogP) is 4.44. The molecule has 1 heterocycles. The van der Waals surface area contributed by atoms with Crippen molar-refractivity contribution in [3.8, 4) is 17.2 Å². The number of aliphatic hydroxyl groups is 1. The van der Waals surface area contributed by atoms with E-state index in [9.17, 15) is 20.0 Å². The fourth-order valence-electron chi connectivity index (χ4n) is 3.92. The summed E-state index contributed by atoms with van der Waals surface area (Å²) in [5.74, 6) is 0.950. The van der Waals surface area contributed by atoms with Gasteiger partial charge in [0, 0.05) is 5.56 Å². The Balaban J connectivity index is 1.67. The monoisotopic (exact) mass is 478 g/mol. The molecule has 4 rings (SSSR count). The predicted molar refractivity (Wildman–Crippen MR) is 129 cm³/mol. The molecule has 0 saturated carbocycles. The number of carbonyl (C=O) groups is 1. The molecule has 3 aromatic carbocycles. The Morgan fingerprint density at radius 1 is 1.11 bits per heavy atom. The first-order chi connectivity index (χ1) is 16.7. The molecular weight excluding hydrogens is 452 g/mol. The summed E-state index contributed by atoms with van der Waals surface area (Å²) < 4.78 is 17.1. The van der Waals surface area contributed by atoms with Gasteiger partial charge in [-0.1, -0.05) is 30.3 Å². The van der Waals surface area contributed by atoms with Gasteiger partial charge in [0.1, 0.15) is 34.6 Å². The number of hydrogen-bond acceptors (Lipinski definition) is 7. The fourth-order valence-corrected chi connectivity index (χ4v) is 3.92. The minimum atomic E-state index is -1.08. The summed E-state index contributed by atoms with van der Waals surface area (Å²) in [5.41, 5.74) is -0.290. The van der Waals surface area contributed by atoms with E-state index >= 15 is 0 Å². The van der Waals surface area contributed by atoms with Gasteiger partial charge in [-0.3, -0.25) is 14.9 Å². The third kappa shape index (κ3) is 5.20. The second kappa shape index (κ2) is 9.63. The number of benzene rings is 3. The lowest BCUT2D eigenvalue weighted by atomic mass is 9.88. The molecule has 9 heteroatoms. The molecular formula is C26H26N2O7. The van der Waals surface area contributed by atoms with Crippen molar-refractivity contribution in [3.05, 3.63) is 88.0 Å². The molecule has 3 aromatic rings. The molecule has 0 fully saturated rings. The highest BCUT2D eigenvalue weighted by molar-refractivity contribution is 5.95. The topological polar surface area (TPSA) is 120 Å². The minimum Gasteiger partial charge on any atom is -0.497 e. The summed E-state index contributed by atoms with van der Waals surface area (Å²) in [5, 5.41) is 25.5. The van der Waals surface area contributed by atoms with Crippen LogP contribution in [-0.4, -0.2) is 34.8 Å². The van der Waals surface area contributed by atoms with Crippen LogP contribution in [0.25, 0.3) is 0 Å². The average Bonchev–Trinajstić information content (AvgIpc) is 2.83. The average molecular weight is 479 g/mol. The van der Waals surface area contributed by atoms with Crippen LogP contribution in [0.3, 0.4) is 0 Å². The molecule has 0 bridgehead atoms. The molecule has 1 aliphatic heterocycles. The van der Waals surface area contributed by atoms with Gasteiger partial charge in [-0.15, -0.1) is 0 Å². The highest BCUT2D eigenvalue weighted by Crippen LogP contribution is 2.46. The van der Waals surface area contributed by atoms with Crippen molar-refractivity contribution in [3.63, 3.8) is 0 Å². The number of fused-ring (bicyclic) bond motifs is 1. The first-order valence-corrected chi connectivity index (χ1v) is 11.0. The number of ether oxygens (including phenoxy) is 3. The van der Waals surface area contributed by atoms with E-state index in [4.69, 9.17) is 14.2 Å².